The molecule has 21 heavy (non-hydrogen) atoms. The second-order valence-corrected chi connectivity index (χ2v) is 6.77. The zero-order valence-corrected chi connectivity index (χ0v) is 13.5. The van der Waals surface area contributed by atoms with Crippen LogP contribution in [-0.4, -0.2) is 42.3 Å². The van der Waals surface area contributed by atoms with Crippen molar-refractivity contribution < 1.29 is 9.53 Å². The number of benzene rings is 1. The Morgan fingerprint density at radius 2 is 2.00 bits per heavy atom. The summed E-state index contributed by atoms with van der Waals surface area (Å²) in [7, 11) is 0. The summed E-state index contributed by atoms with van der Waals surface area (Å²) in [5.41, 5.74) is 2.13. The van der Waals surface area contributed by atoms with Gasteiger partial charge in [-0.2, -0.15) is 0 Å². The van der Waals surface area contributed by atoms with Gasteiger partial charge in [0.1, 0.15) is 5.60 Å². The predicted molar refractivity (Wildman–Crippen MR) is 84.5 cm³/mol. The lowest BCUT2D eigenvalue weighted by molar-refractivity contribution is 0.0195. The van der Waals surface area contributed by atoms with E-state index in [0.29, 0.717) is 13.1 Å². The van der Waals surface area contributed by atoms with Crippen LogP contribution >= 0.6 is 0 Å². The van der Waals surface area contributed by atoms with Crippen LogP contribution in [0.4, 0.5) is 4.79 Å². The van der Waals surface area contributed by atoms with Crippen LogP contribution in [0.15, 0.2) is 24.3 Å². The molecule has 1 fully saturated rings. The molecule has 2 rings (SSSR count). The minimum absolute atomic E-state index is 0.210. The Labute approximate surface area is 127 Å². The fourth-order valence-corrected chi connectivity index (χ4v) is 2.46. The topological polar surface area (TPSA) is 41.6 Å². The van der Waals surface area contributed by atoms with Crippen molar-refractivity contribution in [2.24, 2.45) is 0 Å². The molecule has 0 unspecified atom stereocenters. The highest BCUT2D eigenvalue weighted by Crippen LogP contribution is 2.13. The van der Waals surface area contributed by atoms with Gasteiger partial charge in [0.25, 0.3) is 0 Å². The predicted octanol–water partition coefficient (Wildman–Crippen LogP) is 2.75. The summed E-state index contributed by atoms with van der Waals surface area (Å²) in [6.45, 7) is 10.0. The summed E-state index contributed by atoms with van der Waals surface area (Å²) in [6.07, 6.45) is 0.720. The van der Waals surface area contributed by atoms with Crippen LogP contribution in [0.5, 0.6) is 0 Å². The Kier molecular flexibility index (Phi) is 4.88. The molecule has 0 radical (unpaired) electrons. The molecular formula is C17H26N2O2. The maximum atomic E-state index is 12.1. The third kappa shape index (κ3) is 5.05. The first kappa shape index (κ1) is 15.8. The lowest BCUT2D eigenvalue weighted by atomic mass is 10.0. The van der Waals surface area contributed by atoms with Gasteiger partial charge in [0.2, 0.25) is 0 Å². The summed E-state index contributed by atoms with van der Waals surface area (Å²) < 4.78 is 5.45. The molecule has 1 atom stereocenters. The number of carbonyl (C=O) groups is 1. The van der Waals surface area contributed by atoms with Gasteiger partial charge >= 0.3 is 6.09 Å². The number of ether oxygens (including phenoxy) is 1. The number of aryl methyl sites for hydroxylation is 1. The Bertz CT molecular complexity index is 477. The monoisotopic (exact) mass is 290 g/mol. The quantitative estimate of drug-likeness (QED) is 0.910. The molecule has 1 saturated heterocycles. The summed E-state index contributed by atoms with van der Waals surface area (Å²) in [5, 5.41) is 3.48. The van der Waals surface area contributed by atoms with Crippen LogP contribution in [-0.2, 0) is 11.2 Å². The van der Waals surface area contributed by atoms with Gasteiger partial charge in [-0.05, 0) is 39.7 Å². The molecule has 1 aromatic carbocycles. The Morgan fingerprint density at radius 3 is 2.62 bits per heavy atom. The number of hydrogen-bond donors (Lipinski definition) is 1. The summed E-state index contributed by atoms with van der Waals surface area (Å²) in [5.74, 6) is 0. The molecule has 0 bridgehead atoms. The summed E-state index contributed by atoms with van der Waals surface area (Å²) in [4.78, 5) is 13.9. The number of nitrogens with one attached hydrogen (secondary N) is 1. The molecular weight excluding hydrogens is 264 g/mol. The minimum atomic E-state index is -0.436. The molecule has 4 nitrogen and oxygen atoms in total. The summed E-state index contributed by atoms with van der Waals surface area (Å²) in [6, 6.07) is 8.86. The Morgan fingerprint density at radius 1 is 1.33 bits per heavy atom. The van der Waals surface area contributed by atoms with E-state index < -0.39 is 5.60 Å². The highest BCUT2D eigenvalue weighted by Gasteiger charge is 2.27. The number of amides is 1. The molecule has 1 heterocycles. The van der Waals surface area contributed by atoms with Crippen molar-refractivity contribution in [3.05, 3.63) is 35.4 Å². The zero-order valence-electron chi connectivity index (χ0n) is 13.5. The average molecular weight is 290 g/mol. The van der Waals surface area contributed by atoms with Crippen molar-refractivity contribution in [1.29, 1.82) is 0 Å². The van der Waals surface area contributed by atoms with E-state index in [0.717, 1.165) is 13.0 Å². The minimum Gasteiger partial charge on any atom is -0.444 e. The van der Waals surface area contributed by atoms with Crippen LogP contribution in [0.3, 0.4) is 0 Å². The molecule has 1 amide bonds. The van der Waals surface area contributed by atoms with Crippen molar-refractivity contribution in [2.75, 3.05) is 19.6 Å². The van der Waals surface area contributed by atoms with Crippen molar-refractivity contribution in [1.82, 2.24) is 10.2 Å². The molecule has 1 aliphatic heterocycles. The average Bonchev–Trinajstić information content (AvgIpc) is 2.40. The Hall–Kier alpha value is -1.55. The fraction of sp³-hybridized carbons (Fsp3) is 0.588. The van der Waals surface area contributed by atoms with E-state index in [1.165, 1.54) is 11.1 Å². The molecule has 0 aromatic heterocycles. The largest absolute Gasteiger partial charge is 0.444 e. The van der Waals surface area contributed by atoms with E-state index in [1.54, 1.807) is 4.90 Å². The Balaban J connectivity index is 1.91. The van der Waals surface area contributed by atoms with Crippen molar-refractivity contribution in [3.63, 3.8) is 0 Å². The highest BCUT2D eigenvalue weighted by atomic mass is 16.6. The van der Waals surface area contributed by atoms with Crippen LogP contribution in [0.1, 0.15) is 31.9 Å². The van der Waals surface area contributed by atoms with Gasteiger partial charge in [-0.15, -0.1) is 0 Å². The maximum absolute atomic E-state index is 12.1. The van der Waals surface area contributed by atoms with Gasteiger partial charge < -0.3 is 15.0 Å². The van der Waals surface area contributed by atoms with Crippen LogP contribution in [0.25, 0.3) is 0 Å². The molecule has 4 heteroatoms. The van der Waals surface area contributed by atoms with E-state index in [9.17, 15) is 4.79 Å². The number of nitrogens with zero attached hydrogens (tertiary/aromatic N) is 1. The van der Waals surface area contributed by atoms with Crippen LogP contribution in [0.2, 0.25) is 0 Å². The normalized spacial score (nSPS) is 19.4. The van der Waals surface area contributed by atoms with Gasteiger partial charge in [0.15, 0.2) is 0 Å². The standard InChI is InChI=1S/C17H26N2O2/c1-13-5-7-14(8-6-13)11-15-12-19(10-9-18-15)16(20)21-17(2,3)4/h5-8,15,18H,9-12H2,1-4H3/t15-/m1/s1. The van der Waals surface area contributed by atoms with E-state index in [1.807, 2.05) is 20.8 Å². The number of hydrogen-bond acceptors (Lipinski definition) is 3. The fourth-order valence-electron chi connectivity index (χ4n) is 2.46. The first-order valence-electron chi connectivity index (χ1n) is 7.60. The van der Waals surface area contributed by atoms with Crippen LogP contribution < -0.4 is 5.32 Å². The number of carbonyl (C=O) groups excluding carboxylic acids is 1. The summed E-state index contributed by atoms with van der Waals surface area (Å²) >= 11 is 0. The molecule has 0 saturated carbocycles. The van der Waals surface area contributed by atoms with Crippen molar-refractivity contribution in [3.8, 4) is 0 Å². The van der Waals surface area contributed by atoms with Gasteiger partial charge in [0.05, 0.1) is 0 Å². The van der Waals surface area contributed by atoms with Gasteiger partial charge in [0, 0.05) is 25.7 Å². The van der Waals surface area contributed by atoms with Crippen molar-refractivity contribution >= 4 is 6.09 Å². The lowest BCUT2D eigenvalue weighted by Gasteiger charge is -2.35. The molecule has 0 spiro atoms. The highest BCUT2D eigenvalue weighted by molar-refractivity contribution is 5.68. The zero-order chi connectivity index (χ0) is 15.5. The first-order chi connectivity index (χ1) is 9.83. The van der Waals surface area contributed by atoms with Crippen molar-refractivity contribution in [2.45, 2.75) is 45.8 Å². The maximum Gasteiger partial charge on any atom is 0.410 e. The van der Waals surface area contributed by atoms with E-state index in [-0.39, 0.29) is 12.1 Å². The number of rotatable bonds is 2. The van der Waals surface area contributed by atoms with E-state index in [4.69, 9.17) is 4.74 Å². The van der Waals surface area contributed by atoms with Gasteiger partial charge in [-0.1, -0.05) is 29.8 Å². The molecule has 0 aliphatic carbocycles. The second kappa shape index (κ2) is 6.48. The van der Waals surface area contributed by atoms with E-state index >= 15 is 0 Å². The lowest BCUT2D eigenvalue weighted by Crippen LogP contribution is -2.54. The third-order valence-electron chi connectivity index (χ3n) is 3.51. The SMILES string of the molecule is Cc1ccc(C[C@@H]2CN(C(=O)OC(C)(C)C)CCN2)cc1. The molecule has 1 N–H and O–H groups in total. The molecule has 1 aliphatic rings. The second-order valence-electron chi connectivity index (χ2n) is 6.77. The number of piperazine rings is 1. The molecule has 1 aromatic rings. The molecule has 116 valence electrons. The third-order valence-corrected chi connectivity index (χ3v) is 3.51. The van der Waals surface area contributed by atoms with E-state index in [2.05, 4.69) is 36.5 Å². The smallest absolute Gasteiger partial charge is 0.410 e. The first-order valence-corrected chi connectivity index (χ1v) is 7.60. The van der Waals surface area contributed by atoms with Crippen LogP contribution in [0, 0.1) is 6.92 Å². The van der Waals surface area contributed by atoms with Gasteiger partial charge in [-0.25, -0.2) is 4.79 Å². The van der Waals surface area contributed by atoms with Gasteiger partial charge in [-0.3, -0.25) is 0 Å².